The summed E-state index contributed by atoms with van der Waals surface area (Å²) in [5.41, 5.74) is 1.63. The van der Waals surface area contributed by atoms with Gasteiger partial charge in [0.25, 0.3) is 0 Å². The lowest BCUT2D eigenvalue weighted by molar-refractivity contribution is -0.115. The van der Waals surface area contributed by atoms with Crippen LogP contribution < -0.4 is 5.32 Å². The molecule has 1 heterocycles. The van der Waals surface area contributed by atoms with E-state index in [1.165, 1.54) is 0 Å². The predicted octanol–water partition coefficient (Wildman–Crippen LogP) is 1.40. The first-order valence-corrected chi connectivity index (χ1v) is 7.07. The molecule has 1 aromatic rings. The average molecular weight is 278 g/mol. The highest BCUT2D eigenvalue weighted by molar-refractivity contribution is 5.90. The fourth-order valence-corrected chi connectivity index (χ4v) is 2.17. The highest BCUT2D eigenvalue weighted by Crippen LogP contribution is 2.18. The number of benzene rings is 1. The maximum absolute atomic E-state index is 11.3. The third-order valence-corrected chi connectivity index (χ3v) is 3.44. The number of amides is 1. The number of ether oxygens (including phenoxy) is 1. The molecule has 1 aliphatic rings. The molecule has 0 spiro atoms. The first kappa shape index (κ1) is 15.0. The number of anilines is 1. The van der Waals surface area contributed by atoms with E-state index in [2.05, 4.69) is 10.2 Å². The molecule has 2 N–H and O–H groups in total. The van der Waals surface area contributed by atoms with Gasteiger partial charge in [0.2, 0.25) is 5.91 Å². The third kappa shape index (κ3) is 4.30. The first-order valence-electron chi connectivity index (χ1n) is 7.07. The summed E-state index contributed by atoms with van der Waals surface area (Å²) in [6.45, 7) is 5.62. The van der Waals surface area contributed by atoms with Gasteiger partial charge >= 0.3 is 0 Å². The molecule has 5 heteroatoms. The lowest BCUT2D eigenvalue weighted by Crippen LogP contribution is -2.38. The van der Waals surface area contributed by atoms with E-state index in [9.17, 15) is 9.90 Å². The van der Waals surface area contributed by atoms with Gasteiger partial charge in [-0.1, -0.05) is 19.1 Å². The molecule has 0 aromatic heterocycles. The zero-order valence-corrected chi connectivity index (χ0v) is 11.8. The molecule has 1 atom stereocenters. The zero-order chi connectivity index (χ0) is 14.4. The van der Waals surface area contributed by atoms with Gasteiger partial charge in [-0.2, -0.15) is 0 Å². The van der Waals surface area contributed by atoms with Gasteiger partial charge in [0, 0.05) is 31.7 Å². The Bertz CT molecular complexity index is 427. The Morgan fingerprint density at radius 3 is 2.60 bits per heavy atom. The van der Waals surface area contributed by atoms with Crippen molar-refractivity contribution in [3.63, 3.8) is 0 Å². The summed E-state index contributed by atoms with van der Waals surface area (Å²) < 4.78 is 5.29. The van der Waals surface area contributed by atoms with E-state index in [1.54, 1.807) is 0 Å². The Kier molecular flexibility index (Phi) is 5.52. The Morgan fingerprint density at radius 2 is 2.00 bits per heavy atom. The lowest BCUT2D eigenvalue weighted by atomic mass is 10.1. The highest BCUT2D eigenvalue weighted by Gasteiger charge is 2.16. The molecule has 2 rings (SSSR count). The SMILES string of the molecule is CCC(=O)Nc1ccc(C(O)CN2CCOCC2)cc1. The molecule has 1 aliphatic heterocycles. The fourth-order valence-electron chi connectivity index (χ4n) is 2.17. The van der Waals surface area contributed by atoms with Crippen LogP contribution in [0.25, 0.3) is 0 Å². The molecule has 5 nitrogen and oxygen atoms in total. The number of rotatable bonds is 5. The second-order valence-electron chi connectivity index (χ2n) is 4.95. The van der Waals surface area contributed by atoms with Crippen molar-refractivity contribution in [2.45, 2.75) is 19.4 Å². The number of aliphatic hydroxyl groups excluding tert-OH is 1. The number of hydrogen-bond acceptors (Lipinski definition) is 4. The number of carbonyl (C=O) groups excluding carboxylic acids is 1. The van der Waals surface area contributed by atoms with E-state index in [0.29, 0.717) is 13.0 Å². The highest BCUT2D eigenvalue weighted by atomic mass is 16.5. The molecule has 0 radical (unpaired) electrons. The number of morpholine rings is 1. The fraction of sp³-hybridized carbons (Fsp3) is 0.533. The first-order chi connectivity index (χ1) is 9.69. The van der Waals surface area contributed by atoms with Crippen molar-refractivity contribution in [2.75, 3.05) is 38.2 Å². The minimum Gasteiger partial charge on any atom is -0.387 e. The largest absolute Gasteiger partial charge is 0.387 e. The maximum Gasteiger partial charge on any atom is 0.224 e. The van der Waals surface area contributed by atoms with E-state index in [0.717, 1.165) is 37.6 Å². The summed E-state index contributed by atoms with van der Waals surface area (Å²) in [5.74, 6) is -0.00776. The molecule has 0 saturated carbocycles. The van der Waals surface area contributed by atoms with Gasteiger partial charge in [0.1, 0.15) is 0 Å². The van der Waals surface area contributed by atoms with Gasteiger partial charge in [0.05, 0.1) is 19.3 Å². The molecule has 1 saturated heterocycles. The van der Waals surface area contributed by atoms with E-state index in [4.69, 9.17) is 4.74 Å². The van der Waals surface area contributed by atoms with Crippen LogP contribution in [0, 0.1) is 0 Å². The van der Waals surface area contributed by atoms with Crippen molar-refractivity contribution in [1.29, 1.82) is 0 Å². The van der Waals surface area contributed by atoms with E-state index >= 15 is 0 Å². The van der Waals surface area contributed by atoms with Crippen molar-refractivity contribution >= 4 is 11.6 Å². The standard InChI is InChI=1S/C15H22N2O3/c1-2-15(19)16-13-5-3-12(4-6-13)14(18)11-17-7-9-20-10-8-17/h3-6,14,18H,2,7-11H2,1H3,(H,16,19). The topological polar surface area (TPSA) is 61.8 Å². The number of nitrogens with one attached hydrogen (secondary N) is 1. The molecule has 1 unspecified atom stereocenters. The Hall–Kier alpha value is -1.43. The third-order valence-electron chi connectivity index (χ3n) is 3.44. The zero-order valence-electron chi connectivity index (χ0n) is 11.8. The Morgan fingerprint density at radius 1 is 1.35 bits per heavy atom. The molecule has 0 bridgehead atoms. The van der Waals surface area contributed by atoms with Crippen molar-refractivity contribution in [1.82, 2.24) is 4.90 Å². The van der Waals surface area contributed by atoms with Crippen LogP contribution in [0.2, 0.25) is 0 Å². The minimum atomic E-state index is -0.510. The van der Waals surface area contributed by atoms with Crippen LogP contribution in [0.3, 0.4) is 0 Å². The van der Waals surface area contributed by atoms with Crippen molar-refractivity contribution < 1.29 is 14.6 Å². The quantitative estimate of drug-likeness (QED) is 0.854. The monoisotopic (exact) mass is 278 g/mol. The van der Waals surface area contributed by atoms with Gasteiger partial charge in [0.15, 0.2) is 0 Å². The summed E-state index contributed by atoms with van der Waals surface area (Å²) in [4.78, 5) is 13.5. The molecule has 0 aliphatic carbocycles. The van der Waals surface area contributed by atoms with Crippen molar-refractivity contribution in [2.24, 2.45) is 0 Å². The lowest BCUT2D eigenvalue weighted by Gasteiger charge is -2.28. The predicted molar refractivity (Wildman–Crippen MR) is 77.6 cm³/mol. The molecule has 1 amide bonds. The smallest absolute Gasteiger partial charge is 0.224 e. The van der Waals surface area contributed by atoms with Gasteiger partial charge < -0.3 is 15.2 Å². The number of aliphatic hydroxyl groups is 1. The Labute approximate surface area is 119 Å². The molecule has 110 valence electrons. The van der Waals surface area contributed by atoms with Crippen molar-refractivity contribution in [3.05, 3.63) is 29.8 Å². The van der Waals surface area contributed by atoms with Crippen LogP contribution >= 0.6 is 0 Å². The number of nitrogens with zero attached hydrogens (tertiary/aromatic N) is 1. The van der Waals surface area contributed by atoms with Crippen LogP contribution in [0.1, 0.15) is 25.0 Å². The molecule has 1 fully saturated rings. The van der Waals surface area contributed by atoms with Crippen molar-refractivity contribution in [3.8, 4) is 0 Å². The molecular weight excluding hydrogens is 256 g/mol. The van der Waals surface area contributed by atoms with E-state index in [-0.39, 0.29) is 5.91 Å². The summed E-state index contributed by atoms with van der Waals surface area (Å²) in [6.07, 6.45) is -0.0504. The summed E-state index contributed by atoms with van der Waals surface area (Å²) >= 11 is 0. The number of β-amino-alcohol motifs (C(OH)–C–C–N with tert-alkyl or cyclic N) is 1. The Balaban J connectivity index is 1.89. The van der Waals surface area contributed by atoms with Crippen LogP contribution in [-0.2, 0) is 9.53 Å². The van der Waals surface area contributed by atoms with E-state index in [1.807, 2.05) is 31.2 Å². The maximum atomic E-state index is 11.3. The van der Waals surface area contributed by atoms with Crippen LogP contribution in [0.4, 0.5) is 5.69 Å². The van der Waals surface area contributed by atoms with Gasteiger partial charge in [-0.05, 0) is 17.7 Å². The van der Waals surface area contributed by atoms with Gasteiger partial charge in [-0.3, -0.25) is 9.69 Å². The van der Waals surface area contributed by atoms with Crippen LogP contribution in [-0.4, -0.2) is 48.8 Å². The summed E-state index contributed by atoms with van der Waals surface area (Å²) in [6, 6.07) is 7.36. The van der Waals surface area contributed by atoms with Crippen LogP contribution in [0.15, 0.2) is 24.3 Å². The average Bonchev–Trinajstić information content (AvgIpc) is 2.49. The molecule has 1 aromatic carbocycles. The minimum absolute atomic E-state index is 0.00776. The molecule has 20 heavy (non-hydrogen) atoms. The van der Waals surface area contributed by atoms with Gasteiger partial charge in [-0.15, -0.1) is 0 Å². The molecular formula is C15H22N2O3. The normalized spacial score (nSPS) is 17.7. The van der Waals surface area contributed by atoms with E-state index < -0.39 is 6.10 Å². The summed E-state index contributed by atoms with van der Waals surface area (Å²) in [5, 5.41) is 13.0. The van der Waals surface area contributed by atoms with Gasteiger partial charge in [-0.25, -0.2) is 0 Å². The number of carbonyl (C=O) groups is 1. The van der Waals surface area contributed by atoms with Crippen LogP contribution in [0.5, 0.6) is 0 Å². The second-order valence-corrected chi connectivity index (χ2v) is 4.95. The summed E-state index contributed by atoms with van der Waals surface area (Å²) in [7, 11) is 0. The number of hydrogen-bond donors (Lipinski definition) is 2. The second kappa shape index (κ2) is 7.38.